The van der Waals surface area contributed by atoms with E-state index in [9.17, 15) is 9.90 Å². The van der Waals surface area contributed by atoms with Crippen molar-refractivity contribution in [1.29, 1.82) is 0 Å². The number of benzene rings is 1. The highest BCUT2D eigenvalue weighted by molar-refractivity contribution is 5.76. The molecule has 1 saturated heterocycles. The number of hydrogen-bond acceptors (Lipinski definition) is 2. The van der Waals surface area contributed by atoms with Gasteiger partial charge < -0.3 is 10.0 Å². The molecule has 0 bridgehead atoms. The number of carboxylic acid groups (broad SMARTS) is 1. The minimum atomic E-state index is -0.708. The number of aliphatic carboxylic acids is 1. The summed E-state index contributed by atoms with van der Waals surface area (Å²) >= 11 is 0. The van der Waals surface area contributed by atoms with E-state index in [2.05, 4.69) is 4.90 Å². The van der Waals surface area contributed by atoms with E-state index >= 15 is 0 Å². The van der Waals surface area contributed by atoms with Gasteiger partial charge in [-0.3, -0.25) is 4.79 Å². The van der Waals surface area contributed by atoms with Crippen LogP contribution in [0.4, 0.5) is 0 Å². The van der Waals surface area contributed by atoms with Crippen LogP contribution >= 0.6 is 0 Å². The number of likely N-dealkylation sites (tertiary alicyclic amines) is 1. The van der Waals surface area contributed by atoms with Gasteiger partial charge >= 0.3 is 5.97 Å². The molecule has 0 aromatic heterocycles. The molecule has 20 heavy (non-hydrogen) atoms. The van der Waals surface area contributed by atoms with Gasteiger partial charge in [0, 0.05) is 19.6 Å². The van der Waals surface area contributed by atoms with Crippen LogP contribution in [0.3, 0.4) is 0 Å². The van der Waals surface area contributed by atoms with Gasteiger partial charge in [0.05, 0.1) is 5.92 Å². The fourth-order valence-electron chi connectivity index (χ4n) is 3.92. The molecule has 1 unspecified atom stereocenters. The molecular formula is C17H23NO2. The molecule has 0 amide bonds. The molecule has 1 aliphatic carbocycles. The van der Waals surface area contributed by atoms with E-state index in [-0.39, 0.29) is 0 Å². The molecule has 1 aliphatic heterocycles. The van der Waals surface area contributed by atoms with Crippen molar-refractivity contribution < 1.29 is 9.90 Å². The first kappa shape index (κ1) is 13.6. The highest BCUT2D eigenvalue weighted by atomic mass is 16.4. The van der Waals surface area contributed by atoms with Crippen molar-refractivity contribution >= 4 is 5.97 Å². The summed E-state index contributed by atoms with van der Waals surface area (Å²) in [6.45, 7) is 2.86. The Morgan fingerprint density at radius 1 is 1.15 bits per heavy atom. The predicted molar refractivity (Wildman–Crippen MR) is 78.8 cm³/mol. The van der Waals surface area contributed by atoms with Crippen molar-refractivity contribution in [2.75, 3.05) is 19.6 Å². The Bertz CT molecular complexity index is 457. The molecule has 1 N–H and O–H groups in total. The molecule has 1 saturated carbocycles. The molecule has 108 valence electrons. The van der Waals surface area contributed by atoms with Crippen molar-refractivity contribution in [3.63, 3.8) is 0 Å². The van der Waals surface area contributed by atoms with Crippen molar-refractivity contribution in [2.24, 2.45) is 5.41 Å². The lowest BCUT2D eigenvalue weighted by molar-refractivity contribution is -0.140. The van der Waals surface area contributed by atoms with Crippen LogP contribution in [0.2, 0.25) is 0 Å². The number of carbonyl (C=O) groups is 1. The molecular weight excluding hydrogens is 250 g/mol. The predicted octanol–water partition coefficient (Wildman–Crippen LogP) is 3.12. The maximum absolute atomic E-state index is 11.5. The lowest BCUT2D eigenvalue weighted by Gasteiger charge is -2.53. The summed E-state index contributed by atoms with van der Waals surface area (Å²) in [6.07, 6.45) is 6.77. The number of carboxylic acids is 1. The third kappa shape index (κ3) is 2.73. The van der Waals surface area contributed by atoms with Crippen molar-refractivity contribution in [3.8, 4) is 0 Å². The second-order valence-corrected chi connectivity index (χ2v) is 6.53. The van der Waals surface area contributed by atoms with Gasteiger partial charge in [0.15, 0.2) is 0 Å². The lowest BCUT2D eigenvalue weighted by Crippen LogP contribution is -2.58. The van der Waals surface area contributed by atoms with E-state index in [1.807, 2.05) is 30.3 Å². The average molecular weight is 273 g/mol. The first-order valence-electron chi connectivity index (χ1n) is 7.69. The van der Waals surface area contributed by atoms with E-state index in [4.69, 9.17) is 0 Å². The summed E-state index contributed by atoms with van der Waals surface area (Å²) in [6, 6.07) is 9.63. The van der Waals surface area contributed by atoms with Crippen molar-refractivity contribution in [3.05, 3.63) is 35.9 Å². The van der Waals surface area contributed by atoms with Crippen molar-refractivity contribution in [2.45, 2.75) is 38.0 Å². The molecule has 3 rings (SSSR count). The Labute approximate surface area is 120 Å². The summed E-state index contributed by atoms with van der Waals surface area (Å²) in [7, 11) is 0. The molecule has 1 aromatic carbocycles. The Kier molecular flexibility index (Phi) is 3.79. The van der Waals surface area contributed by atoms with Gasteiger partial charge in [-0.15, -0.1) is 0 Å². The van der Waals surface area contributed by atoms with E-state index in [0.29, 0.717) is 12.0 Å². The average Bonchev–Trinajstić information content (AvgIpc) is 2.44. The highest BCUT2D eigenvalue weighted by Gasteiger charge is 2.44. The van der Waals surface area contributed by atoms with Crippen LogP contribution < -0.4 is 0 Å². The first-order valence-corrected chi connectivity index (χ1v) is 7.69. The third-order valence-electron chi connectivity index (χ3n) is 4.97. The number of rotatable bonds is 4. The Hall–Kier alpha value is -1.35. The Morgan fingerprint density at radius 3 is 2.40 bits per heavy atom. The summed E-state index contributed by atoms with van der Waals surface area (Å²) in [5.41, 5.74) is 1.45. The molecule has 2 aliphatic rings. The lowest BCUT2D eigenvalue weighted by atomic mass is 9.68. The standard InChI is InChI=1S/C17H23NO2/c19-16(20)15(14-7-3-1-4-8-14)11-18-12-17(13-18)9-5-2-6-10-17/h1,3-4,7-8,15H,2,5-6,9-13H2,(H,19,20). The highest BCUT2D eigenvalue weighted by Crippen LogP contribution is 2.44. The van der Waals surface area contributed by atoms with E-state index in [1.165, 1.54) is 32.1 Å². The minimum Gasteiger partial charge on any atom is -0.481 e. The SMILES string of the molecule is O=C(O)C(CN1CC2(CCCCC2)C1)c1ccccc1. The number of hydrogen-bond donors (Lipinski definition) is 1. The van der Waals surface area contributed by atoms with Gasteiger partial charge in [0.2, 0.25) is 0 Å². The molecule has 1 spiro atoms. The van der Waals surface area contributed by atoms with Gasteiger partial charge in [-0.1, -0.05) is 49.6 Å². The van der Waals surface area contributed by atoms with E-state index in [1.54, 1.807) is 0 Å². The molecule has 2 fully saturated rings. The normalized spacial score (nSPS) is 23.2. The second kappa shape index (κ2) is 5.57. The summed E-state index contributed by atoms with van der Waals surface area (Å²) in [5.74, 6) is -1.10. The molecule has 0 radical (unpaired) electrons. The van der Waals surface area contributed by atoms with Crippen molar-refractivity contribution in [1.82, 2.24) is 4.90 Å². The smallest absolute Gasteiger partial charge is 0.312 e. The fraction of sp³-hybridized carbons (Fsp3) is 0.588. The zero-order chi connectivity index (χ0) is 14.0. The van der Waals surface area contributed by atoms with Crippen LogP contribution in [0.5, 0.6) is 0 Å². The summed E-state index contributed by atoms with van der Waals surface area (Å²) in [4.78, 5) is 13.8. The topological polar surface area (TPSA) is 40.5 Å². The van der Waals surface area contributed by atoms with Gasteiger partial charge in [0.25, 0.3) is 0 Å². The van der Waals surface area contributed by atoms with Crippen LogP contribution in [0.1, 0.15) is 43.6 Å². The zero-order valence-electron chi connectivity index (χ0n) is 11.9. The first-order chi connectivity index (χ1) is 9.69. The number of nitrogens with zero attached hydrogens (tertiary/aromatic N) is 1. The van der Waals surface area contributed by atoms with Gasteiger partial charge in [-0.25, -0.2) is 0 Å². The maximum atomic E-state index is 11.5. The molecule has 1 aromatic rings. The molecule has 3 nitrogen and oxygen atoms in total. The summed E-state index contributed by atoms with van der Waals surface area (Å²) < 4.78 is 0. The molecule has 3 heteroatoms. The quantitative estimate of drug-likeness (QED) is 0.916. The Balaban J connectivity index is 1.60. The Morgan fingerprint density at radius 2 is 1.80 bits per heavy atom. The van der Waals surface area contributed by atoms with Crippen LogP contribution in [-0.2, 0) is 4.79 Å². The van der Waals surface area contributed by atoms with Crippen LogP contribution in [0.25, 0.3) is 0 Å². The van der Waals surface area contributed by atoms with Gasteiger partial charge in [-0.05, 0) is 23.8 Å². The van der Waals surface area contributed by atoms with E-state index in [0.717, 1.165) is 18.7 Å². The maximum Gasteiger partial charge on any atom is 0.312 e. The zero-order valence-corrected chi connectivity index (χ0v) is 11.9. The van der Waals surface area contributed by atoms with E-state index < -0.39 is 11.9 Å². The van der Waals surface area contributed by atoms with Crippen LogP contribution in [-0.4, -0.2) is 35.6 Å². The third-order valence-corrected chi connectivity index (χ3v) is 4.97. The second-order valence-electron chi connectivity index (χ2n) is 6.53. The van der Waals surface area contributed by atoms with Crippen LogP contribution in [0.15, 0.2) is 30.3 Å². The monoisotopic (exact) mass is 273 g/mol. The largest absolute Gasteiger partial charge is 0.481 e. The fourth-order valence-corrected chi connectivity index (χ4v) is 3.92. The molecule has 1 atom stereocenters. The van der Waals surface area contributed by atoms with Gasteiger partial charge in [0.1, 0.15) is 0 Å². The summed E-state index contributed by atoms with van der Waals surface area (Å²) in [5, 5.41) is 9.47. The van der Waals surface area contributed by atoms with Crippen LogP contribution in [0, 0.1) is 5.41 Å². The van der Waals surface area contributed by atoms with Gasteiger partial charge in [-0.2, -0.15) is 0 Å². The molecule has 1 heterocycles. The minimum absolute atomic E-state index is 0.392.